The van der Waals surface area contributed by atoms with Gasteiger partial charge < -0.3 is 9.80 Å². The lowest BCUT2D eigenvalue weighted by molar-refractivity contribution is 0.121. The Kier molecular flexibility index (Phi) is 3.78. The van der Waals surface area contributed by atoms with Crippen molar-refractivity contribution in [2.75, 3.05) is 26.7 Å². The van der Waals surface area contributed by atoms with Crippen LogP contribution in [0.15, 0.2) is 0 Å². The molecule has 3 nitrogen and oxygen atoms in total. The predicted molar refractivity (Wildman–Crippen MR) is 58.2 cm³/mol. The van der Waals surface area contributed by atoms with Gasteiger partial charge in [-0.25, -0.2) is 4.79 Å². The number of urea groups is 1. The fraction of sp³-hybridized carbons (Fsp3) is 0.909. The summed E-state index contributed by atoms with van der Waals surface area (Å²) in [6, 6.07) is 0.186. The Morgan fingerprint density at radius 1 is 1.43 bits per heavy atom. The average Bonchev–Trinajstić information content (AvgIpc) is 2.20. The molecule has 82 valence electrons. The standard InChI is InChI=1S/C11H22N2O/c1-5-12(4)11(14)13-7-6-9(2)10(3)8-13/h9-10H,5-8H2,1-4H3. The minimum absolute atomic E-state index is 0.186. The van der Waals surface area contributed by atoms with E-state index in [4.69, 9.17) is 0 Å². The second kappa shape index (κ2) is 4.67. The van der Waals surface area contributed by atoms with Crippen LogP contribution in [0.2, 0.25) is 0 Å². The van der Waals surface area contributed by atoms with Gasteiger partial charge in [0.05, 0.1) is 0 Å². The molecule has 0 aromatic heterocycles. The van der Waals surface area contributed by atoms with Gasteiger partial charge >= 0.3 is 6.03 Å². The molecule has 0 saturated carbocycles. The number of carbonyl (C=O) groups is 1. The van der Waals surface area contributed by atoms with Crippen LogP contribution in [0.25, 0.3) is 0 Å². The first-order valence-electron chi connectivity index (χ1n) is 5.56. The largest absolute Gasteiger partial charge is 0.328 e. The smallest absolute Gasteiger partial charge is 0.319 e. The lowest BCUT2D eigenvalue weighted by Crippen LogP contribution is -2.47. The highest BCUT2D eigenvalue weighted by atomic mass is 16.2. The SMILES string of the molecule is CCN(C)C(=O)N1CCC(C)C(C)C1. The molecule has 14 heavy (non-hydrogen) atoms. The maximum Gasteiger partial charge on any atom is 0.319 e. The molecule has 1 saturated heterocycles. The summed E-state index contributed by atoms with van der Waals surface area (Å²) in [4.78, 5) is 15.6. The van der Waals surface area contributed by atoms with Crippen molar-refractivity contribution in [2.45, 2.75) is 27.2 Å². The summed E-state index contributed by atoms with van der Waals surface area (Å²) in [7, 11) is 1.87. The molecule has 0 aliphatic carbocycles. The Morgan fingerprint density at radius 3 is 2.57 bits per heavy atom. The van der Waals surface area contributed by atoms with Crippen LogP contribution in [0.3, 0.4) is 0 Å². The van der Waals surface area contributed by atoms with Gasteiger partial charge in [-0.3, -0.25) is 0 Å². The fourth-order valence-electron chi connectivity index (χ4n) is 1.81. The molecule has 2 unspecified atom stereocenters. The third-order valence-corrected chi connectivity index (χ3v) is 3.41. The molecule has 2 atom stereocenters. The molecule has 0 bridgehead atoms. The maximum absolute atomic E-state index is 11.8. The minimum atomic E-state index is 0.186. The molecule has 2 amide bonds. The zero-order valence-electron chi connectivity index (χ0n) is 9.79. The van der Waals surface area contributed by atoms with Crippen molar-refractivity contribution in [1.82, 2.24) is 9.80 Å². The van der Waals surface area contributed by atoms with E-state index in [9.17, 15) is 4.79 Å². The van der Waals surface area contributed by atoms with Gasteiger partial charge in [-0.05, 0) is 25.2 Å². The van der Waals surface area contributed by atoms with Gasteiger partial charge in [0.15, 0.2) is 0 Å². The Bertz CT molecular complexity index is 205. The van der Waals surface area contributed by atoms with Crippen molar-refractivity contribution < 1.29 is 4.79 Å². The second-order valence-electron chi connectivity index (χ2n) is 4.49. The highest BCUT2D eigenvalue weighted by molar-refractivity contribution is 5.74. The zero-order valence-corrected chi connectivity index (χ0v) is 9.79. The summed E-state index contributed by atoms with van der Waals surface area (Å²) in [5, 5.41) is 0. The van der Waals surface area contributed by atoms with E-state index < -0.39 is 0 Å². The number of hydrogen-bond acceptors (Lipinski definition) is 1. The molecule has 1 fully saturated rings. The Labute approximate surface area is 87.1 Å². The van der Waals surface area contributed by atoms with Crippen LogP contribution in [-0.2, 0) is 0 Å². The van der Waals surface area contributed by atoms with Gasteiger partial charge in [0, 0.05) is 26.7 Å². The van der Waals surface area contributed by atoms with Gasteiger partial charge in [-0.1, -0.05) is 13.8 Å². The molecule has 1 rings (SSSR count). The topological polar surface area (TPSA) is 23.6 Å². The third kappa shape index (κ3) is 2.40. The molecule has 1 heterocycles. The molecular weight excluding hydrogens is 176 g/mol. The maximum atomic E-state index is 11.8. The van der Waals surface area contributed by atoms with E-state index in [1.165, 1.54) is 0 Å². The Balaban J connectivity index is 2.50. The van der Waals surface area contributed by atoms with Crippen LogP contribution in [0, 0.1) is 11.8 Å². The number of nitrogens with zero attached hydrogens (tertiary/aromatic N) is 2. The summed E-state index contributed by atoms with van der Waals surface area (Å²) in [5.74, 6) is 1.39. The van der Waals surface area contributed by atoms with Crippen LogP contribution in [0.1, 0.15) is 27.2 Å². The fourth-order valence-corrected chi connectivity index (χ4v) is 1.81. The van der Waals surface area contributed by atoms with E-state index in [-0.39, 0.29) is 6.03 Å². The summed E-state index contributed by atoms with van der Waals surface area (Å²) >= 11 is 0. The van der Waals surface area contributed by atoms with Crippen LogP contribution < -0.4 is 0 Å². The van der Waals surface area contributed by atoms with Crippen molar-refractivity contribution in [1.29, 1.82) is 0 Å². The first-order valence-corrected chi connectivity index (χ1v) is 5.56. The summed E-state index contributed by atoms with van der Waals surface area (Å²) in [6.45, 7) is 9.15. The van der Waals surface area contributed by atoms with Gasteiger partial charge in [-0.15, -0.1) is 0 Å². The summed E-state index contributed by atoms with van der Waals surface area (Å²) in [6.07, 6.45) is 1.14. The predicted octanol–water partition coefficient (Wildman–Crippen LogP) is 2.04. The van der Waals surface area contributed by atoms with Crippen molar-refractivity contribution >= 4 is 6.03 Å². The van der Waals surface area contributed by atoms with Gasteiger partial charge in [-0.2, -0.15) is 0 Å². The quantitative estimate of drug-likeness (QED) is 0.632. The first kappa shape index (κ1) is 11.3. The molecule has 0 N–H and O–H groups in total. The van der Waals surface area contributed by atoms with Crippen LogP contribution >= 0.6 is 0 Å². The normalized spacial score (nSPS) is 27.6. The van der Waals surface area contributed by atoms with Crippen molar-refractivity contribution in [3.8, 4) is 0 Å². The summed E-state index contributed by atoms with van der Waals surface area (Å²) in [5.41, 5.74) is 0. The Morgan fingerprint density at radius 2 is 2.07 bits per heavy atom. The zero-order chi connectivity index (χ0) is 10.7. The average molecular weight is 198 g/mol. The third-order valence-electron chi connectivity index (χ3n) is 3.41. The summed E-state index contributed by atoms with van der Waals surface area (Å²) < 4.78 is 0. The minimum Gasteiger partial charge on any atom is -0.328 e. The molecule has 3 heteroatoms. The monoisotopic (exact) mass is 198 g/mol. The van der Waals surface area contributed by atoms with Crippen molar-refractivity contribution in [2.24, 2.45) is 11.8 Å². The van der Waals surface area contributed by atoms with E-state index in [0.717, 1.165) is 32.0 Å². The van der Waals surface area contributed by atoms with E-state index in [1.807, 2.05) is 18.9 Å². The Hall–Kier alpha value is -0.730. The number of likely N-dealkylation sites (tertiary alicyclic amines) is 1. The number of amides is 2. The van der Waals surface area contributed by atoms with Crippen LogP contribution in [0.4, 0.5) is 4.79 Å². The number of rotatable bonds is 1. The number of carbonyl (C=O) groups excluding carboxylic acids is 1. The lowest BCUT2D eigenvalue weighted by Gasteiger charge is -2.37. The van der Waals surface area contributed by atoms with E-state index in [2.05, 4.69) is 13.8 Å². The molecule has 1 aliphatic rings. The van der Waals surface area contributed by atoms with Crippen LogP contribution in [-0.4, -0.2) is 42.5 Å². The van der Waals surface area contributed by atoms with E-state index >= 15 is 0 Å². The van der Waals surface area contributed by atoms with Gasteiger partial charge in [0.25, 0.3) is 0 Å². The van der Waals surface area contributed by atoms with E-state index in [1.54, 1.807) is 4.90 Å². The van der Waals surface area contributed by atoms with Crippen molar-refractivity contribution in [3.05, 3.63) is 0 Å². The van der Waals surface area contributed by atoms with Crippen LogP contribution in [0.5, 0.6) is 0 Å². The molecule has 0 aromatic carbocycles. The lowest BCUT2D eigenvalue weighted by atomic mass is 9.89. The van der Waals surface area contributed by atoms with E-state index in [0.29, 0.717) is 5.92 Å². The number of hydrogen-bond donors (Lipinski definition) is 0. The molecular formula is C11H22N2O. The molecule has 0 radical (unpaired) electrons. The molecule has 1 aliphatic heterocycles. The molecule has 0 aromatic rings. The highest BCUT2D eigenvalue weighted by Crippen LogP contribution is 2.22. The van der Waals surface area contributed by atoms with Crippen molar-refractivity contribution in [3.63, 3.8) is 0 Å². The molecule has 0 spiro atoms. The highest BCUT2D eigenvalue weighted by Gasteiger charge is 2.26. The van der Waals surface area contributed by atoms with Gasteiger partial charge in [0.2, 0.25) is 0 Å². The number of piperidine rings is 1. The first-order chi connectivity index (χ1) is 6.56. The van der Waals surface area contributed by atoms with Gasteiger partial charge in [0.1, 0.15) is 0 Å². The second-order valence-corrected chi connectivity index (χ2v) is 4.49.